The zero-order valence-electron chi connectivity index (χ0n) is 17.6. The van der Waals surface area contributed by atoms with E-state index in [1.54, 1.807) is 6.07 Å². The highest BCUT2D eigenvalue weighted by Gasteiger charge is 2.09. The molecule has 0 atom stereocenters. The van der Waals surface area contributed by atoms with Crippen molar-refractivity contribution in [2.24, 2.45) is 4.99 Å². The molecule has 0 spiro atoms. The van der Waals surface area contributed by atoms with Gasteiger partial charge in [-0.25, -0.2) is 9.38 Å². The van der Waals surface area contributed by atoms with Crippen LogP contribution >= 0.6 is 0 Å². The number of nitrogens with zero attached hydrogens (tertiary/aromatic N) is 2. The monoisotopic (exact) mass is 414 g/mol. The lowest BCUT2D eigenvalue weighted by Crippen LogP contribution is -2.38. The van der Waals surface area contributed by atoms with Gasteiger partial charge in [0, 0.05) is 32.7 Å². The molecule has 0 bridgehead atoms. The van der Waals surface area contributed by atoms with E-state index in [4.69, 9.17) is 9.47 Å². The van der Waals surface area contributed by atoms with E-state index in [9.17, 15) is 4.39 Å². The molecule has 0 radical (unpaired) electrons. The Kier molecular flexibility index (Phi) is 8.93. The predicted molar refractivity (Wildman–Crippen MR) is 117 cm³/mol. The summed E-state index contributed by atoms with van der Waals surface area (Å²) in [6.07, 6.45) is 0. The van der Waals surface area contributed by atoms with Crippen LogP contribution in [0.15, 0.2) is 53.5 Å². The lowest BCUT2D eigenvalue weighted by molar-refractivity contribution is 0.0322. The minimum atomic E-state index is -0.244. The molecule has 6 nitrogen and oxygen atoms in total. The van der Waals surface area contributed by atoms with Gasteiger partial charge in [0.2, 0.25) is 0 Å². The zero-order chi connectivity index (χ0) is 21.0. The number of rotatable bonds is 9. The molecular weight excluding hydrogens is 383 g/mol. The lowest BCUT2D eigenvalue weighted by Gasteiger charge is -2.26. The average molecular weight is 415 g/mol. The summed E-state index contributed by atoms with van der Waals surface area (Å²) in [7, 11) is 0. The molecule has 0 aliphatic carbocycles. The largest absolute Gasteiger partial charge is 0.492 e. The molecule has 2 N–H and O–H groups in total. The first-order chi connectivity index (χ1) is 14.7. The number of aliphatic imine (C=N–C) groups is 1. The minimum absolute atomic E-state index is 0.244. The maximum Gasteiger partial charge on any atom is 0.191 e. The number of ether oxygens (including phenoxy) is 2. The second-order valence-corrected chi connectivity index (χ2v) is 7.13. The van der Waals surface area contributed by atoms with Gasteiger partial charge >= 0.3 is 0 Å². The first-order valence-corrected chi connectivity index (χ1v) is 10.5. The number of halogens is 1. The van der Waals surface area contributed by atoms with Crippen molar-refractivity contribution in [2.75, 3.05) is 46.0 Å². The fourth-order valence-electron chi connectivity index (χ4n) is 3.20. The van der Waals surface area contributed by atoms with E-state index < -0.39 is 0 Å². The molecule has 162 valence electrons. The van der Waals surface area contributed by atoms with Gasteiger partial charge in [0.15, 0.2) is 5.96 Å². The van der Waals surface area contributed by atoms with Crippen LogP contribution in [0.25, 0.3) is 0 Å². The Hall–Kier alpha value is -2.64. The fourth-order valence-corrected chi connectivity index (χ4v) is 3.20. The fraction of sp³-hybridized carbons (Fsp3) is 0.435. The van der Waals surface area contributed by atoms with Gasteiger partial charge in [0.25, 0.3) is 0 Å². The van der Waals surface area contributed by atoms with Gasteiger partial charge in [-0.15, -0.1) is 0 Å². The predicted octanol–water partition coefficient (Wildman–Crippen LogP) is 2.79. The Morgan fingerprint density at radius 2 is 1.90 bits per heavy atom. The Morgan fingerprint density at radius 1 is 1.10 bits per heavy atom. The summed E-state index contributed by atoms with van der Waals surface area (Å²) in [5, 5.41) is 6.55. The number of nitrogens with one attached hydrogen (secondary N) is 2. The number of morpholine rings is 1. The SMILES string of the molecule is CCNC(=NCc1cccc(F)c1)NCc1cccc(OCCN2CCOCC2)c1. The van der Waals surface area contributed by atoms with E-state index in [-0.39, 0.29) is 5.82 Å². The van der Waals surface area contributed by atoms with E-state index in [0.29, 0.717) is 25.7 Å². The van der Waals surface area contributed by atoms with Crippen LogP contribution in [0.1, 0.15) is 18.1 Å². The maximum atomic E-state index is 13.3. The van der Waals surface area contributed by atoms with Gasteiger partial charge in [0.1, 0.15) is 18.2 Å². The molecule has 1 aliphatic rings. The third-order valence-electron chi connectivity index (χ3n) is 4.79. The van der Waals surface area contributed by atoms with Crippen molar-refractivity contribution in [1.82, 2.24) is 15.5 Å². The summed E-state index contributed by atoms with van der Waals surface area (Å²) in [4.78, 5) is 6.90. The van der Waals surface area contributed by atoms with Crippen LogP contribution < -0.4 is 15.4 Å². The number of benzene rings is 2. The number of hydrogen-bond donors (Lipinski definition) is 2. The topological polar surface area (TPSA) is 58.1 Å². The first kappa shape index (κ1) is 22.1. The van der Waals surface area contributed by atoms with Crippen molar-refractivity contribution in [3.05, 3.63) is 65.5 Å². The van der Waals surface area contributed by atoms with E-state index in [2.05, 4.69) is 26.6 Å². The van der Waals surface area contributed by atoms with Crippen molar-refractivity contribution in [3.63, 3.8) is 0 Å². The molecule has 2 aromatic rings. The van der Waals surface area contributed by atoms with Crippen molar-refractivity contribution < 1.29 is 13.9 Å². The van der Waals surface area contributed by atoms with Crippen molar-refractivity contribution in [2.45, 2.75) is 20.0 Å². The van der Waals surface area contributed by atoms with E-state index in [1.807, 2.05) is 31.2 Å². The minimum Gasteiger partial charge on any atom is -0.492 e. The summed E-state index contributed by atoms with van der Waals surface area (Å²) in [5.74, 6) is 1.32. The molecule has 7 heteroatoms. The van der Waals surface area contributed by atoms with Crippen molar-refractivity contribution in [1.29, 1.82) is 0 Å². The quantitative estimate of drug-likeness (QED) is 0.488. The summed E-state index contributed by atoms with van der Waals surface area (Å²) < 4.78 is 24.6. The summed E-state index contributed by atoms with van der Waals surface area (Å²) in [6.45, 7) is 8.91. The Morgan fingerprint density at radius 3 is 2.70 bits per heavy atom. The van der Waals surface area contributed by atoms with E-state index >= 15 is 0 Å². The molecule has 3 rings (SSSR count). The molecule has 0 unspecified atom stereocenters. The molecular formula is C23H31FN4O2. The lowest BCUT2D eigenvalue weighted by atomic mass is 10.2. The highest BCUT2D eigenvalue weighted by molar-refractivity contribution is 5.79. The smallest absolute Gasteiger partial charge is 0.191 e. The Bertz CT molecular complexity index is 809. The highest BCUT2D eigenvalue weighted by atomic mass is 19.1. The molecule has 2 aromatic carbocycles. The van der Waals surface area contributed by atoms with Gasteiger partial charge in [-0.1, -0.05) is 24.3 Å². The van der Waals surface area contributed by atoms with Gasteiger partial charge < -0.3 is 20.1 Å². The van der Waals surface area contributed by atoms with Crippen LogP contribution in [0.2, 0.25) is 0 Å². The molecule has 1 heterocycles. The number of guanidine groups is 1. The van der Waals surface area contributed by atoms with Crippen LogP contribution in [0.4, 0.5) is 4.39 Å². The average Bonchev–Trinajstić information content (AvgIpc) is 2.77. The molecule has 0 saturated carbocycles. The van der Waals surface area contributed by atoms with E-state index in [1.165, 1.54) is 12.1 Å². The van der Waals surface area contributed by atoms with Gasteiger partial charge in [-0.05, 0) is 42.3 Å². The zero-order valence-corrected chi connectivity index (χ0v) is 17.6. The van der Waals surface area contributed by atoms with Crippen LogP contribution in [-0.2, 0) is 17.8 Å². The second-order valence-electron chi connectivity index (χ2n) is 7.13. The molecule has 0 aromatic heterocycles. The van der Waals surface area contributed by atoms with Crippen LogP contribution in [0.3, 0.4) is 0 Å². The summed E-state index contributed by atoms with van der Waals surface area (Å²) in [5.41, 5.74) is 1.94. The third-order valence-corrected chi connectivity index (χ3v) is 4.79. The Balaban J connectivity index is 1.48. The molecule has 30 heavy (non-hydrogen) atoms. The normalized spacial score (nSPS) is 15.1. The second kappa shape index (κ2) is 12.1. The molecule has 1 aliphatic heterocycles. The summed E-state index contributed by atoms with van der Waals surface area (Å²) in [6, 6.07) is 14.6. The van der Waals surface area contributed by atoms with Gasteiger partial charge in [-0.3, -0.25) is 4.90 Å². The Labute approximate surface area is 178 Å². The van der Waals surface area contributed by atoms with Crippen LogP contribution in [-0.4, -0.2) is 56.9 Å². The molecule has 1 fully saturated rings. The van der Waals surface area contributed by atoms with E-state index in [0.717, 1.165) is 56.3 Å². The van der Waals surface area contributed by atoms with Crippen LogP contribution in [0.5, 0.6) is 5.75 Å². The van der Waals surface area contributed by atoms with Crippen molar-refractivity contribution in [3.8, 4) is 5.75 Å². The number of hydrogen-bond acceptors (Lipinski definition) is 4. The maximum absolute atomic E-state index is 13.3. The standard InChI is InChI=1S/C23H31FN4O2/c1-2-25-23(26-17-19-5-3-7-21(24)15-19)27-18-20-6-4-8-22(16-20)30-14-11-28-9-12-29-13-10-28/h3-8,15-16H,2,9-14,17-18H2,1H3,(H2,25,26,27). The summed E-state index contributed by atoms with van der Waals surface area (Å²) >= 11 is 0. The first-order valence-electron chi connectivity index (χ1n) is 10.5. The molecule has 0 amide bonds. The van der Waals surface area contributed by atoms with Gasteiger partial charge in [0.05, 0.1) is 19.8 Å². The third kappa shape index (κ3) is 7.65. The van der Waals surface area contributed by atoms with Gasteiger partial charge in [-0.2, -0.15) is 0 Å². The molecule has 1 saturated heterocycles. The highest BCUT2D eigenvalue weighted by Crippen LogP contribution is 2.13. The van der Waals surface area contributed by atoms with Crippen LogP contribution in [0, 0.1) is 5.82 Å². The van der Waals surface area contributed by atoms with Crippen molar-refractivity contribution >= 4 is 5.96 Å².